The zero-order valence-electron chi connectivity index (χ0n) is 6.77. The maximum Gasteiger partial charge on any atom is 0.139 e. The highest BCUT2D eigenvalue weighted by atomic mass is 79.9. The van der Waals surface area contributed by atoms with E-state index in [2.05, 4.69) is 20.9 Å². The van der Waals surface area contributed by atoms with Gasteiger partial charge in [-0.15, -0.1) is 0 Å². The number of carbonyl (C=O) groups is 1. The molecule has 66 valence electrons. The molecule has 0 atom stereocenters. The molecule has 0 radical (unpaired) electrons. The van der Waals surface area contributed by atoms with Crippen LogP contribution in [0, 0.1) is 0 Å². The second-order valence-corrected chi connectivity index (χ2v) is 3.53. The van der Waals surface area contributed by atoms with Crippen LogP contribution < -0.4 is 0 Å². The number of nitrogens with zero attached hydrogens (tertiary/aromatic N) is 2. The Labute approximate surface area is 83.5 Å². The largest absolute Gasteiger partial charge is 0.323 e. The van der Waals surface area contributed by atoms with Crippen LogP contribution in [0.4, 0.5) is 0 Å². The van der Waals surface area contributed by atoms with Crippen LogP contribution in [-0.4, -0.2) is 15.8 Å². The first-order chi connectivity index (χ1) is 6.33. The Morgan fingerprint density at radius 3 is 3.15 bits per heavy atom. The summed E-state index contributed by atoms with van der Waals surface area (Å²) in [5.74, 6) is 0. The fourth-order valence-corrected chi connectivity index (χ4v) is 1.74. The number of aldehydes is 1. The van der Waals surface area contributed by atoms with E-state index in [-0.39, 0.29) is 0 Å². The average molecular weight is 239 g/mol. The van der Waals surface area contributed by atoms with E-state index in [1.807, 2.05) is 22.8 Å². The standard InChI is InChI=1S/C9H7BrN2O/c10-7-2-1-3-8-9(7)11-6-12(8)4-5-13/h1-3,5-6H,4H2. The molecule has 0 saturated heterocycles. The Hall–Kier alpha value is -1.16. The van der Waals surface area contributed by atoms with Crippen molar-refractivity contribution in [1.29, 1.82) is 0 Å². The van der Waals surface area contributed by atoms with Crippen molar-refractivity contribution in [1.82, 2.24) is 9.55 Å². The fraction of sp³-hybridized carbons (Fsp3) is 0.111. The van der Waals surface area contributed by atoms with Crippen molar-refractivity contribution in [2.24, 2.45) is 0 Å². The molecule has 0 aliphatic rings. The minimum absolute atomic E-state index is 0.354. The summed E-state index contributed by atoms with van der Waals surface area (Å²) < 4.78 is 2.77. The van der Waals surface area contributed by atoms with E-state index in [4.69, 9.17) is 0 Å². The fourth-order valence-electron chi connectivity index (χ4n) is 1.28. The number of para-hydroxylation sites is 1. The van der Waals surface area contributed by atoms with Crippen LogP contribution in [0.15, 0.2) is 29.0 Å². The van der Waals surface area contributed by atoms with Crippen molar-refractivity contribution in [3.05, 3.63) is 29.0 Å². The maximum absolute atomic E-state index is 10.3. The lowest BCUT2D eigenvalue weighted by Gasteiger charge is -1.97. The Morgan fingerprint density at radius 2 is 2.38 bits per heavy atom. The van der Waals surface area contributed by atoms with Gasteiger partial charge in [-0.2, -0.15) is 0 Å². The third-order valence-corrected chi connectivity index (χ3v) is 2.51. The number of halogens is 1. The van der Waals surface area contributed by atoms with E-state index in [0.29, 0.717) is 6.54 Å². The van der Waals surface area contributed by atoms with Gasteiger partial charge in [0.15, 0.2) is 0 Å². The third-order valence-electron chi connectivity index (χ3n) is 1.87. The molecule has 1 aromatic heterocycles. The number of imidazole rings is 1. The summed E-state index contributed by atoms with van der Waals surface area (Å²) in [5, 5.41) is 0. The summed E-state index contributed by atoms with van der Waals surface area (Å²) in [4.78, 5) is 14.5. The van der Waals surface area contributed by atoms with E-state index in [0.717, 1.165) is 21.8 Å². The van der Waals surface area contributed by atoms with Crippen LogP contribution in [-0.2, 0) is 11.3 Å². The van der Waals surface area contributed by atoms with Crippen molar-refractivity contribution in [3.8, 4) is 0 Å². The smallest absolute Gasteiger partial charge is 0.139 e. The summed E-state index contributed by atoms with van der Waals surface area (Å²) in [5.41, 5.74) is 1.87. The van der Waals surface area contributed by atoms with E-state index in [9.17, 15) is 4.79 Å². The number of hydrogen-bond donors (Lipinski definition) is 0. The van der Waals surface area contributed by atoms with Gasteiger partial charge in [0.25, 0.3) is 0 Å². The summed E-state index contributed by atoms with van der Waals surface area (Å²) >= 11 is 3.40. The molecule has 3 nitrogen and oxygen atoms in total. The Morgan fingerprint density at radius 1 is 1.54 bits per heavy atom. The molecular weight excluding hydrogens is 232 g/mol. The molecular formula is C9H7BrN2O. The van der Waals surface area contributed by atoms with Gasteiger partial charge in [0, 0.05) is 4.47 Å². The highest BCUT2D eigenvalue weighted by molar-refractivity contribution is 9.10. The molecule has 0 spiro atoms. The first kappa shape index (κ1) is 8.44. The average Bonchev–Trinajstić information content (AvgIpc) is 2.51. The molecule has 2 rings (SSSR count). The lowest BCUT2D eigenvalue weighted by molar-refractivity contribution is -0.108. The van der Waals surface area contributed by atoms with Gasteiger partial charge < -0.3 is 9.36 Å². The minimum Gasteiger partial charge on any atom is -0.323 e. The molecule has 2 aromatic rings. The SMILES string of the molecule is O=CCn1cnc2c(Br)cccc21. The molecule has 0 unspecified atom stereocenters. The van der Waals surface area contributed by atoms with Gasteiger partial charge in [0.1, 0.15) is 11.8 Å². The molecule has 13 heavy (non-hydrogen) atoms. The lowest BCUT2D eigenvalue weighted by Crippen LogP contribution is -1.95. The summed E-state index contributed by atoms with van der Waals surface area (Å²) in [7, 11) is 0. The Bertz CT molecular complexity index is 450. The monoisotopic (exact) mass is 238 g/mol. The zero-order chi connectivity index (χ0) is 9.26. The molecule has 0 bridgehead atoms. The third kappa shape index (κ3) is 1.37. The van der Waals surface area contributed by atoms with Crippen LogP contribution in [0.5, 0.6) is 0 Å². The van der Waals surface area contributed by atoms with Crippen LogP contribution in [0.2, 0.25) is 0 Å². The molecule has 0 saturated carbocycles. The van der Waals surface area contributed by atoms with Crippen molar-refractivity contribution >= 4 is 33.2 Å². The number of carbonyl (C=O) groups excluding carboxylic acids is 1. The number of aromatic nitrogens is 2. The van der Waals surface area contributed by atoms with Gasteiger partial charge in [-0.25, -0.2) is 4.98 Å². The van der Waals surface area contributed by atoms with Crippen LogP contribution >= 0.6 is 15.9 Å². The molecule has 0 aliphatic carbocycles. The summed E-state index contributed by atoms with van der Waals surface area (Å²) in [6.45, 7) is 0.354. The van der Waals surface area contributed by atoms with E-state index in [1.165, 1.54) is 0 Å². The van der Waals surface area contributed by atoms with Gasteiger partial charge in [-0.05, 0) is 28.1 Å². The van der Waals surface area contributed by atoms with Crippen molar-refractivity contribution in [3.63, 3.8) is 0 Å². The first-order valence-electron chi connectivity index (χ1n) is 3.86. The first-order valence-corrected chi connectivity index (χ1v) is 4.65. The molecule has 1 heterocycles. The van der Waals surface area contributed by atoms with Crippen molar-refractivity contribution in [2.45, 2.75) is 6.54 Å². The number of benzene rings is 1. The van der Waals surface area contributed by atoms with Crippen molar-refractivity contribution in [2.75, 3.05) is 0 Å². The molecule has 0 amide bonds. The van der Waals surface area contributed by atoms with Crippen LogP contribution in [0.25, 0.3) is 11.0 Å². The van der Waals surface area contributed by atoms with E-state index < -0.39 is 0 Å². The maximum atomic E-state index is 10.3. The highest BCUT2D eigenvalue weighted by Crippen LogP contribution is 2.21. The molecule has 0 N–H and O–H groups in total. The number of rotatable bonds is 2. The topological polar surface area (TPSA) is 34.9 Å². The van der Waals surface area contributed by atoms with Gasteiger partial charge in [-0.1, -0.05) is 6.07 Å². The lowest BCUT2D eigenvalue weighted by atomic mass is 10.3. The quantitative estimate of drug-likeness (QED) is 0.751. The highest BCUT2D eigenvalue weighted by Gasteiger charge is 2.03. The van der Waals surface area contributed by atoms with Crippen LogP contribution in [0.1, 0.15) is 0 Å². The van der Waals surface area contributed by atoms with Gasteiger partial charge in [-0.3, -0.25) is 0 Å². The predicted octanol–water partition coefficient (Wildman–Crippen LogP) is 2.00. The Kier molecular flexibility index (Phi) is 2.14. The number of fused-ring (bicyclic) bond motifs is 1. The number of hydrogen-bond acceptors (Lipinski definition) is 2. The second kappa shape index (κ2) is 3.30. The van der Waals surface area contributed by atoms with Gasteiger partial charge in [0.05, 0.1) is 18.4 Å². The van der Waals surface area contributed by atoms with E-state index in [1.54, 1.807) is 6.33 Å². The molecule has 4 heteroatoms. The summed E-state index contributed by atoms with van der Waals surface area (Å²) in [6, 6.07) is 5.80. The normalized spacial score (nSPS) is 10.5. The van der Waals surface area contributed by atoms with Gasteiger partial charge in [0.2, 0.25) is 0 Å². The van der Waals surface area contributed by atoms with E-state index >= 15 is 0 Å². The van der Waals surface area contributed by atoms with Crippen LogP contribution in [0.3, 0.4) is 0 Å². The van der Waals surface area contributed by atoms with Crippen molar-refractivity contribution < 1.29 is 4.79 Å². The Balaban J connectivity index is 2.67. The predicted molar refractivity (Wildman–Crippen MR) is 53.5 cm³/mol. The summed E-state index contributed by atoms with van der Waals surface area (Å²) in [6.07, 6.45) is 2.53. The van der Waals surface area contributed by atoms with Gasteiger partial charge >= 0.3 is 0 Å². The zero-order valence-corrected chi connectivity index (χ0v) is 8.36. The molecule has 0 aliphatic heterocycles. The minimum atomic E-state index is 0.354. The molecule has 0 fully saturated rings. The second-order valence-electron chi connectivity index (χ2n) is 2.67. The molecule has 1 aromatic carbocycles.